The van der Waals surface area contributed by atoms with Crippen LogP contribution in [-0.2, 0) is 9.59 Å². The molecule has 2 amide bonds. The summed E-state index contributed by atoms with van der Waals surface area (Å²) in [5, 5.41) is 13.6. The van der Waals surface area contributed by atoms with Gasteiger partial charge in [0.1, 0.15) is 5.70 Å². The monoisotopic (exact) mass is 372 g/mol. The van der Waals surface area contributed by atoms with Crippen LogP contribution >= 0.6 is 0 Å². The van der Waals surface area contributed by atoms with Crippen LogP contribution in [-0.4, -0.2) is 36.2 Å². The van der Waals surface area contributed by atoms with E-state index in [1.807, 2.05) is 0 Å². The van der Waals surface area contributed by atoms with Gasteiger partial charge in [-0.25, -0.2) is 0 Å². The van der Waals surface area contributed by atoms with Crippen molar-refractivity contribution in [3.8, 4) is 11.5 Å². The SMILES string of the molecule is O=C(O)CCNC(=O)C(=Cc1ccc2c(c1)OCO2)NC(=O)c1ccco1. The quantitative estimate of drug-likeness (QED) is 0.626. The van der Waals surface area contributed by atoms with Crippen LogP contribution in [0.5, 0.6) is 11.5 Å². The summed E-state index contributed by atoms with van der Waals surface area (Å²) in [6.45, 7) is 0.0313. The van der Waals surface area contributed by atoms with Crippen molar-refractivity contribution in [3.63, 3.8) is 0 Å². The van der Waals surface area contributed by atoms with Gasteiger partial charge in [-0.2, -0.15) is 0 Å². The van der Waals surface area contributed by atoms with E-state index in [2.05, 4.69) is 10.6 Å². The summed E-state index contributed by atoms with van der Waals surface area (Å²) < 4.78 is 15.5. The van der Waals surface area contributed by atoms with Crippen molar-refractivity contribution in [2.24, 2.45) is 0 Å². The number of carboxylic acid groups (broad SMARTS) is 1. The van der Waals surface area contributed by atoms with Crippen LogP contribution in [0.2, 0.25) is 0 Å². The van der Waals surface area contributed by atoms with Crippen LogP contribution in [0.15, 0.2) is 46.7 Å². The maximum atomic E-state index is 12.4. The molecule has 1 aromatic carbocycles. The maximum Gasteiger partial charge on any atom is 0.305 e. The summed E-state index contributed by atoms with van der Waals surface area (Å²) in [4.78, 5) is 35.2. The molecule has 1 aliphatic rings. The Morgan fingerprint density at radius 2 is 1.96 bits per heavy atom. The topological polar surface area (TPSA) is 127 Å². The average molecular weight is 372 g/mol. The minimum absolute atomic E-state index is 0.0323. The zero-order chi connectivity index (χ0) is 19.2. The Morgan fingerprint density at radius 1 is 1.15 bits per heavy atom. The number of nitrogens with one attached hydrogen (secondary N) is 2. The predicted octanol–water partition coefficient (Wildman–Crippen LogP) is 1.37. The van der Waals surface area contributed by atoms with Crippen molar-refractivity contribution >= 4 is 23.9 Å². The van der Waals surface area contributed by atoms with E-state index < -0.39 is 17.8 Å². The van der Waals surface area contributed by atoms with Gasteiger partial charge in [-0.3, -0.25) is 14.4 Å². The Balaban J connectivity index is 1.80. The first-order valence-electron chi connectivity index (χ1n) is 7.99. The molecule has 0 saturated carbocycles. The van der Waals surface area contributed by atoms with Crippen molar-refractivity contribution in [1.29, 1.82) is 0 Å². The van der Waals surface area contributed by atoms with Crippen LogP contribution in [0.4, 0.5) is 0 Å². The maximum absolute atomic E-state index is 12.4. The van der Waals surface area contributed by atoms with Crippen molar-refractivity contribution in [3.05, 3.63) is 53.6 Å². The standard InChI is InChI=1S/C18H16N2O7/c21-16(22)5-6-19-17(23)12(20-18(24)14-2-1-7-25-14)8-11-3-4-13-15(9-11)27-10-26-13/h1-4,7-9H,5-6,10H2,(H,19,23)(H,20,24)(H,21,22). The summed E-state index contributed by atoms with van der Waals surface area (Å²) in [6, 6.07) is 8.03. The van der Waals surface area contributed by atoms with Gasteiger partial charge in [-0.15, -0.1) is 0 Å². The van der Waals surface area contributed by atoms with Gasteiger partial charge in [0.05, 0.1) is 12.7 Å². The first-order chi connectivity index (χ1) is 13.0. The molecular formula is C18H16N2O7. The molecule has 0 bridgehead atoms. The van der Waals surface area contributed by atoms with Crippen LogP contribution in [0.25, 0.3) is 6.08 Å². The molecule has 0 fully saturated rings. The van der Waals surface area contributed by atoms with Gasteiger partial charge < -0.3 is 29.6 Å². The lowest BCUT2D eigenvalue weighted by Crippen LogP contribution is -2.35. The molecule has 140 valence electrons. The van der Waals surface area contributed by atoms with Gasteiger partial charge >= 0.3 is 5.97 Å². The molecule has 9 nitrogen and oxygen atoms in total. The van der Waals surface area contributed by atoms with E-state index in [0.29, 0.717) is 17.1 Å². The molecule has 0 unspecified atom stereocenters. The second kappa shape index (κ2) is 8.09. The summed E-state index contributed by atoms with van der Waals surface area (Å²) in [5.41, 5.74) is 0.517. The van der Waals surface area contributed by atoms with E-state index in [1.54, 1.807) is 24.3 Å². The Hall–Kier alpha value is -3.75. The molecule has 9 heteroatoms. The third-order valence-electron chi connectivity index (χ3n) is 3.57. The smallest absolute Gasteiger partial charge is 0.305 e. The fourth-order valence-corrected chi connectivity index (χ4v) is 2.30. The Labute approximate surface area is 153 Å². The molecule has 2 heterocycles. The first-order valence-corrected chi connectivity index (χ1v) is 7.99. The lowest BCUT2D eigenvalue weighted by Gasteiger charge is -2.10. The fourth-order valence-electron chi connectivity index (χ4n) is 2.30. The van der Waals surface area contributed by atoms with Gasteiger partial charge in [-0.05, 0) is 35.9 Å². The number of hydrogen-bond donors (Lipinski definition) is 3. The van der Waals surface area contributed by atoms with Gasteiger partial charge in [0.25, 0.3) is 11.8 Å². The molecule has 3 rings (SSSR count). The van der Waals surface area contributed by atoms with Crippen molar-refractivity contribution in [1.82, 2.24) is 10.6 Å². The largest absolute Gasteiger partial charge is 0.481 e. The number of carbonyl (C=O) groups is 3. The number of benzene rings is 1. The highest BCUT2D eigenvalue weighted by atomic mass is 16.7. The highest BCUT2D eigenvalue weighted by Crippen LogP contribution is 2.33. The van der Waals surface area contributed by atoms with Gasteiger partial charge in [-0.1, -0.05) is 6.07 Å². The van der Waals surface area contributed by atoms with Crippen molar-refractivity contribution in [2.45, 2.75) is 6.42 Å². The van der Waals surface area contributed by atoms with E-state index in [9.17, 15) is 14.4 Å². The molecule has 1 aliphatic heterocycles. The summed E-state index contributed by atoms with van der Waals surface area (Å²) in [5.74, 6) is -1.15. The molecular weight excluding hydrogens is 356 g/mol. The molecule has 3 N–H and O–H groups in total. The van der Waals surface area contributed by atoms with Crippen LogP contribution in [0.3, 0.4) is 0 Å². The van der Waals surface area contributed by atoms with E-state index in [4.69, 9.17) is 19.0 Å². The minimum atomic E-state index is -1.05. The molecule has 0 aliphatic carbocycles. The van der Waals surface area contributed by atoms with Crippen LogP contribution in [0, 0.1) is 0 Å². The van der Waals surface area contributed by atoms with Crippen molar-refractivity contribution in [2.75, 3.05) is 13.3 Å². The Kier molecular flexibility index (Phi) is 5.41. The number of fused-ring (bicyclic) bond motifs is 1. The summed E-state index contributed by atoms with van der Waals surface area (Å²) in [7, 11) is 0. The third kappa shape index (κ3) is 4.66. The number of aliphatic carboxylic acids is 1. The molecule has 27 heavy (non-hydrogen) atoms. The van der Waals surface area contributed by atoms with E-state index in [-0.39, 0.29) is 31.2 Å². The minimum Gasteiger partial charge on any atom is -0.481 e. The molecule has 0 saturated heterocycles. The molecule has 1 aromatic heterocycles. The molecule has 2 aromatic rings. The van der Waals surface area contributed by atoms with Crippen molar-refractivity contribution < 1.29 is 33.4 Å². The number of ether oxygens (including phenoxy) is 2. The number of amides is 2. The van der Waals surface area contributed by atoms with E-state index in [1.165, 1.54) is 18.4 Å². The first kappa shape index (κ1) is 18.1. The van der Waals surface area contributed by atoms with Crippen LogP contribution in [0.1, 0.15) is 22.5 Å². The second-order valence-corrected chi connectivity index (χ2v) is 5.50. The molecule has 0 spiro atoms. The molecule has 0 radical (unpaired) electrons. The number of rotatable bonds is 7. The van der Waals surface area contributed by atoms with Gasteiger partial charge in [0.2, 0.25) is 6.79 Å². The van der Waals surface area contributed by atoms with E-state index >= 15 is 0 Å². The zero-order valence-corrected chi connectivity index (χ0v) is 14.1. The van der Waals surface area contributed by atoms with E-state index in [0.717, 1.165) is 0 Å². The third-order valence-corrected chi connectivity index (χ3v) is 3.57. The second-order valence-electron chi connectivity index (χ2n) is 5.50. The predicted molar refractivity (Wildman–Crippen MR) is 92.0 cm³/mol. The normalized spacial score (nSPS) is 12.5. The number of hydrogen-bond acceptors (Lipinski definition) is 6. The number of carbonyl (C=O) groups excluding carboxylic acids is 2. The highest BCUT2D eigenvalue weighted by molar-refractivity contribution is 6.04. The lowest BCUT2D eigenvalue weighted by molar-refractivity contribution is -0.136. The lowest BCUT2D eigenvalue weighted by atomic mass is 10.1. The Morgan fingerprint density at radius 3 is 2.70 bits per heavy atom. The summed E-state index contributed by atoms with van der Waals surface area (Å²) >= 11 is 0. The molecule has 0 atom stereocenters. The summed E-state index contributed by atoms with van der Waals surface area (Å²) in [6.07, 6.45) is 2.54. The number of furan rings is 1. The van der Waals surface area contributed by atoms with Gasteiger partial charge in [0, 0.05) is 6.54 Å². The average Bonchev–Trinajstić information content (AvgIpc) is 3.32. The number of carboxylic acids is 1. The van der Waals surface area contributed by atoms with Gasteiger partial charge in [0.15, 0.2) is 17.3 Å². The fraction of sp³-hybridized carbons (Fsp3) is 0.167. The zero-order valence-electron chi connectivity index (χ0n) is 14.1. The Bertz CT molecular complexity index is 887. The highest BCUT2D eigenvalue weighted by Gasteiger charge is 2.18. The van der Waals surface area contributed by atoms with Crippen LogP contribution < -0.4 is 20.1 Å².